The average Bonchev–Trinajstić information content (AvgIpc) is 2.71. The van der Waals surface area contributed by atoms with Crippen molar-refractivity contribution in [1.82, 2.24) is 4.31 Å². The van der Waals surface area contributed by atoms with Crippen molar-refractivity contribution < 1.29 is 12.8 Å². The largest absolute Gasteiger partial charge is 0.452 e. The second-order valence-electron chi connectivity index (χ2n) is 4.23. The van der Waals surface area contributed by atoms with E-state index in [0.717, 1.165) is 12.0 Å². The molecule has 7 heteroatoms. The van der Waals surface area contributed by atoms with Crippen LogP contribution in [0.15, 0.2) is 31.7 Å². The first-order valence-electron chi connectivity index (χ1n) is 5.59. The lowest BCUT2D eigenvalue weighted by molar-refractivity contribution is 0.424. The van der Waals surface area contributed by atoms with Gasteiger partial charge in [-0.2, -0.15) is 4.31 Å². The monoisotopic (exact) mass is 334 g/mol. The number of sulfonamides is 1. The van der Waals surface area contributed by atoms with Crippen molar-refractivity contribution in [3.63, 3.8) is 0 Å². The van der Waals surface area contributed by atoms with E-state index in [0.29, 0.717) is 18.8 Å². The summed E-state index contributed by atoms with van der Waals surface area (Å²) in [5.74, 6) is 0.449. The van der Waals surface area contributed by atoms with Crippen molar-refractivity contribution in [2.75, 3.05) is 13.1 Å². The molecular formula is C11H15BrN2O3S. The van der Waals surface area contributed by atoms with E-state index >= 15 is 0 Å². The average molecular weight is 335 g/mol. The third kappa shape index (κ3) is 2.54. The van der Waals surface area contributed by atoms with Crippen LogP contribution in [0.4, 0.5) is 0 Å². The van der Waals surface area contributed by atoms with Crippen molar-refractivity contribution in [2.24, 2.45) is 5.73 Å². The SMILES string of the molecule is CC1=CCCN(S(=O)(=O)c2cc(CN)oc2Br)C1. The fourth-order valence-electron chi connectivity index (χ4n) is 1.90. The third-order valence-corrected chi connectivity index (χ3v) is 5.52. The van der Waals surface area contributed by atoms with E-state index in [1.165, 1.54) is 10.4 Å². The van der Waals surface area contributed by atoms with Crippen molar-refractivity contribution in [1.29, 1.82) is 0 Å². The molecule has 2 heterocycles. The van der Waals surface area contributed by atoms with Gasteiger partial charge in [0.15, 0.2) is 4.67 Å². The van der Waals surface area contributed by atoms with Crippen LogP contribution >= 0.6 is 15.9 Å². The summed E-state index contributed by atoms with van der Waals surface area (Å²) in [5, 5.41) is 0. The number of rotatable bonds is 3. The quantitative estimate of drug-likeness (QED) is 0.855. The molecule has 5 nitrogen and oxygen atoms in total. The van der Waals surface area contributed by atoms with E-state index in [-0.39, 0.29) is 16.1 Å². The first kappa shape index (κ1) is 13.8. The lowest BCUT2D eigenvalue weighted by Gasteiger charge is -2.24. The molecule has 0 fully saturated rings. The van der Waals surface area contributed by atoms with Gasteiger partial charge in [-0.25, -0.2) is 8.42 Å². The summed E-state index contributed by atoms with van der Waals surface area (Å²) in [6, 6.07) is 1.48. The normalized spacial score (nSPS) is 17.8. The molecule has 0 atom stereocenters. The first-order chi connectivity index (χ1) is 8.45. The van der Waals surface area contributed by atoms with E-state index in [2.05, 4.69) is 22.0 Å². The first-order valence-corrected chi connectivity index (χ1v) is 7.82. The van der Waals surface area contributed by atoms with Crippen LogP contribution in [0.1, 0.15) is 19.1 Å². The summed E-state index contributed by atoms with van der Waals surface area (Å²) >= 11 is 3.13. The number of hydrogen-bond acceptors (Lipinski definition) is 4. The Labute approximate surface area is 115 Å². The summed E-state index contributed by atoms with van der Waals surface area (Å²) in [6.45, 7) is 3.03. The zero-order valence-corrected chi connectivity index (χ0v) is 12.4. The van der Waals surface area contributed by atoms with Gasteiger partial charge >= 0.3 is 0 Å². The minimum absolute atomic E-state index is 0.151. The van der Waals surface area contributed by atoms with Gasteiger partial charge in [0.05, 0.1) is 6.54 Å². The number of hydrogen-bond donors (Lipinski definition) is 1. The summed E-state index contributed by atoms with van der Waals surface area (Å²) < 4.78 is 31.8. The number of furan rings is 1. The van der Waals surface area contributed by atoms with Crippen LogP contribution in [-0.4, -0.2) is 25.8 Å². The van der Waals surface area contributed by atoms with Gasteiger partial charge in [-0.15, -0.1) is 0 Å². The Morgan fingerprint density at radius 1 is 1.56 bits per heavy atom. The Kier molecular flexibility index (Phi) is 3.96. The van der Waals surface area contributed by atoms with Gasteiger partial charge < -0.3 is 10.2 Å². The molecule has 0 radical (unpaired) electrons. The molecule has 0 saturated carbocycles. The maximum atomic E-state index is 12.5. The maximum Gasteiger partial charge on any atom is 0.247 e. The molecule has 1 aromatic rings. The fraction of sp³-hybridized carbons (Fsp3) is 0.455. The second kappa shape index (κ2) is 5.16. The van der Waals surface area contributed by atoms with E-state index in [4.69, 9.17) is 10.2 Å². The van der Waals surface area contributed by atoms with Gasteiger partial charge in [0.2, 0.25) is 10.0 Å². The highest BCUT2D eigenvalue weighted by Gasteiger charge is 2.30. The van der Waals surface area contributed by atoms with Crippen LogP contribution in [0.5, 0.6) is 0 Å². The van der Waals surface area contributed by atoms with Crippen LogP contribution in [0.25, 0.3) is 0 Å². The summed E-state index contributed by atoms with van der Waals surface area (Å²) in [5.41, 5.74) is 6.50. The van der Waals surface area contributed by atoms with Crippen molar-refractivity contribution in [2.45, 2.75) is 24.8 Å². The van der Waals surface area contributed by atoms with Gasteiger partial charge in [0, 0.05) is 19.2 Å². The minimum atomic E-state index is -3.52. The van der Waals surface area contributed by atoms with Gasteiger partial charge in [0.25, 0.3) is 0 Å². The van der Waals surface area contributed by atoms with Crippen LogP contribution in [0, 0.1) is 0 Å². The lowest BCUT2D eigenvalue weighted by atomic mass is 10.2. The Morgan fingerprint density at radius 3 is 2.83 bits per heavy atom. The third-order valence-electron chi connectivity index (χ3n) is 2.82. The molecule has 100 valence electrons. The minimum Gasteiger partial charge on any atom is -0.452 e. The second-order valence-corrected chi connectivity index (χ2v) is 6.86. The highest BCUT2D eigenvalue weighted by Crippen LogP contribution is 2.29. The standard InChI is InChI=1S/C11H15BrN2O3S/c1-8-3-2-4-14(7-8)18(15,16)10-5-9(6-13)17-11(10)12/h3,5H,2,4,6-7,13H2,1H3. The molecule has 0 saturated heterocycles. The van der Waals surface area contributed by atoms with Crippen LogP contribution in [0.3, 0.4) is 0 Å². The summed E-state index contributed by atoms with van der Waals surface area (Å²) in [4.78, 5) is 0.151. The molecule has 1 aliphatic heterocycles. The molecule has 2 rings (SSSR count). The van der Waals surface area contributed by atoms with Crippen LogP contribution in [-0.2, 0) is 16.6 Å². The molecule has 1 aromatic heterocycles. The molecule has 0 aromatic carbocycles. The predicted octanol–water partition coefficient (Wildman–Crippen LogP) is 1.84. The maximum absolute atomic E-state index is 12.5. The molecule has 18 heavy (non-hydrogen) atoms. The Balaban J connectivity index is 2.36. The molecule has 0 amide bonds. The highest BCUT2D eigenvalue weighted by atomic mass is 79.9. The molecule has 0 unspecified atom stereocenters. The number of halogens is 1. The van der Waals surface area contributed by atoms with Gasteiger partial charge in [-0.3, -0.25) is 0 Å². The van der Waals surface area contributed by atoms with Crippen molar-refractivity contribution >= 4 is 26.0 Å². The van der Waals surface area contributed by atoms with Crippen LogP contribution in [0.2, 0.25) is 0 Å². The van der Waals surface area contributed by atoms with Crippen LogP contribution < -0.4 is 5.73 Å². The van der Waals surface area contributed by atoms with Crippen molar-refractivity contribution in [3.05, 3.63) is 28.1 Å². The molecule has 1 aliphatic rings. The lowest BCUT2D eigenvalue weighted by Crippen LogP contribution is -2.35. The zero-order chi connectivity index (χ0) is 13.3. The fourth-order valence-corrected chi connectivity index (χ4v) is 4.35. The molecule has 2 N–H and O–H groups in total. The van der Waals surface area contributed by atoms with E-state index in [9.17, 15) is 8.42 Å². The van der Waals surface area contributed by atoms with Crippen molar-refractivity contribution in [3.8, 4) is 0 Å². The smallest absolute Gasteiger partial charge is 0.247 e. The molecule has 0 aliphatic carbocycles. The van der Waals surface area contributed by atoms with Gasteiger partial charge in [0.1, 0.15) is 10.7 Å². The zero-order valence-electron chi connectivity index (χ0n) is 10.0. The number of nitrogens with zero attached hydrogens (tertiary/aromatic N) is 1. The topological polar surface area (TPSA) is 76.5 Å². The number of nitrogens with two attached hydrogens (primary N) is 1. The summed E-state index contributed by atoms with van der Waals surface area (Å²) in [7, 11) is -3.52. The van der Waals surface area contributed by atoms with E-state index in [1.54, 1.807) is 0 Å². The van der Waals surface area contributed by atoms with Gasteiger partial charge in [-0.05, 0) is 29.3 Å². The summed E-state index contributed by atoms with van der Waals surface area (Å²) in [6.07, 6.45) is 2.80. The van der Waals surface area contributed by atoms with E-state index in [1.807, 2.05) is 6.92 Å². The Hall–Kier alpha value is -0.630. The van der Waals surface area contributed by atoms with E-state index < -0.39 is 10.0 Å². The Morgan fingerprint density at radius 2 is 2.28 bits per heavy atom. The van der Waals surface area contributed by atoms with Gasteiger partial charge in [-0.1, -0.05) is 11.6 Å². The Bertz CT molecular complexity index is 577. The molecule has 0 bridgehead atoms. The molecule has 0 spiro atoms. The predicted molar refractivity (Wildman–Crippen MR) is 71.4 cm³/mol. The molecular weight excluding hydrogens is 320 g/mol. The highest BCUT2D eigenvalue weighted by molar-refractivity contribution is 9.10.